The molecule has 3 rings (SSSR count). The Labute approximate surface area is 147 Å². The van der Waals surface area contributed by atoms with E-state index in [-0.39, 0.29) is 47.9 Å². The number of carbonyl (C=O) groups excluding carboxylic acids is 4. The van der Waals surface area contributed by atoms with Crippen molar-refractivity contribution < 1.29 is 28.7 Å². The van der Waals surface area contributed by atoms with E-state index in [2.05, 4.69) is 10.8 Å². The quantitative estimate of drug-likeness (QED) is 0.411. The van der Waals surface area contributed by atoms with Crippen molar-refractivity contribution in [2.24, 2.45) is 29.6 Å². The number of hydrogen-bond acceptors (Lipinski definition) is 6. The van der Waals surface area contributed by atoms with Gasteiger partial charge in [0.25, 0.3) is 0 Å². The molecular weight excluding hydrogens is 324 g/mol. The Balaban J connectivity index is 0.000000236. The summed E-state index contributed by atoms with van der Waals surface area (Å²) in [5, 5.41) is 0. The first-order valence-electron chi connectivity index (χ1n) is 8.45. The molecule has 0 aromatic carbocycles. The van der Waals surface area contributed by atoms with Gasteiger partial charge in [-0.15, -0.1) is 0 Å². The largest absolute Gasteiger partial charge is 0.393 e. The molecular formula is C19H24O6. The van der Waals surface area contributed by atoms with E-state index in [4.69, 9.17) is 4.74 Å². The Morgan fingerprint density at radius 2 is 1.60 bits per heavy atom. The van der Waals surface area contributed by atoms with Gasteiger partial charge >= 0.3 is 23.9 Å². The molecule has 0 saturated carbocycles. The molecule has 0 bridgehead atoms. The van der Waals surface area contributed by atoms with Crippen LogP contribution in [0.15, 0.2) is 23.3 Å². The van der Waals surface area contributed by atoms with Crippen molar-refractivity contribution in [1.29, 1.82) is 0 Å². The van der Waals surface area contributed by atoms with Gasteiger partial charge in [0.1, 0.15) is 0 Å². The van der Waals surface area contributed by atoms with Crippen LogP contribution in [-0.2, 0) is 28.7 Å². The second-order valence-corrected chi connectivity index (χ2v) is 7.21. The van der Waals surface area contributed by atoms with Crippen LogP contribution in [0, 0.1) is 29.6 Å². The number of hydrogen-bond donors (Lipinski definition) is 0. The van der Waals surface area contributed by atoms with E-state index in [9.17, 15) is 19.2 Å². The van der Waals surface area contributed by atoms with Crippen molar-refractivity contribution in [2.75, 3.05) is 0 Å². The van der Waals surface area contributed by atoms with Crippen LogP contribution in [0.25, 0.3) is 0 Å². The monoisotopic (exact) mass is 348 g/mol. The second-order valence-electron chi connectivity index (χ2n) is 7.21. The highest BCUT2D eigenvalue weighted by Crippen LogP contribution is 2.43. The maximum atomic E-state index is 11.8. The van der Waals surface area contributed by atoms with Gasteiger partial charge in [-0.05, 0) is 26.7 Å². The van der Waals surface area contributed by atoms with Gasteiger partial charge in [0.2, 0.25) is 0 Å². The highest BCUT2D eigenvalue weighted by Gasteiger charge is 2.52. The first-order valence-corrected chi connectivity index (χ1v) is 8.45. The fourth-order valence-electron chi connectivity index (χ4n) is 3.41. The lowest BCUT2D eigenvalue weighted by atomic mass is 9.69. The van der Waals surface area contributed by atoms with Crippen LogP contribution in [-0.4, -0.2) is 23.9 Å². The van der Waals surface area contributed by atoms with Crippen molar-refractivity contribution >= 4 is 23.9 Å². The predicted octanol–water partition coefficient (Wildman–Crippen LogP) is 2.58. The number of carbonyl (C=O) groups is 4. The highest BCUT2D eigenvalue weighted by molar-refractivity contribution is 5.97. The van der Waals surface area contributed by atoms with E-state index < -0.39 is 11.9 Å². The van der Waals surface area contributed by atoms with E-state index in [0.29, 0.717) is 0 Å². The third-order valence-electron chi connectivity index (χ3n) is 4.87. The zero-order chi connectivity index (χ0) is 18.9. The smallest absolute Gasteiger partial charge is 0.318 e. The van der Waals surface area contributed by atoms with Crippen molar-refractivity contribution in [3.05, 3.63) is 23.3 Å². The average Bonchev–Trinajstić information content (AvgIpc) is 2.94. The number of rotatable bonds is 1. The summed E-state index contributed by atoms with van der Waals surface area (Å²) in [5.74, 6) is -2.25. The van der Waals surface area contributed by atoms with E-state index in [1.807, 2.05) is 33.8 Å². The minimum absolute atomic E-state index is 0.000139. The van der Waals surface area contributed by atoms with Crippen LogP contribution in [0.2, 0.25) is 0 Å². The SMILES string of the molecule is CC(C)=CC1C=C(C)C(C)C2C(=O)OC(=O)C12.CC1CC(=O)OC1=O. The third kappa shape index (κ3) is 4.06. The molecule has 25 heavy (non-hydrogen) atoms. The van der Waals surface area contributed by atoms with Gasteiger partial charge < -0.3 is 9.47 Å². The van der Waals surface area contributed by atoms with Crippen molar-refractivity contribution in [3.8, 4) is 0 Å². The minimum atomic E-state index is -0.400. The van der Waals surface area contributed by atoms with Crippen LogP contribution in [0.4, 0.5) is 0 Å². The molecule has 1 aliphatic carbocycles. The molecule has 0 aromatic heterocycles. The lowest BCUT2D eigenvalue weighted by Crippen LogP contribution is -2.33. The Kier molecular flexibility index (Phi) is 5.60. The number of esters is 4. The molecule has 2 saturated heterocycles. The molecule has 5 atom stereocenters. The van der Waals surface area contributed by atoms with Gasteiger partial charge in [-0.3, -0.25) is 19.2 Å². The summed E-state index contributed by atoms with van der Waals surface area (Å²) in [6.45, 7) is 9.68. The Morgan fingerprint density at radius 1 is 1.00 bits per heavy atom. The second kappa shape index (κ2) is 7.33. The Morgan fingerprint density at radius 3 is 2.04 bits per heavy atom. The molecule has 0 spiro atoms. The average molecular weight is 348 g/mol. The fraction of sp³-hybridized carbons (Fsp3) is 0.579. The van der Waals surface area contributed by atoms with Gasteiger partial charge in [0, 0.05) is 5.92 Å². The molecule has 2 aliphatic heterocycles. The lowest BCUT2D eigenvalue weighted by Gasteiger charge is -2.30. The van der Waals surface area contributed by atoms with Gasteiger partial charge in [0.15, 0.2) is 0 Å². The normalized spacial score (nSPS) is 33.6. The molecule has 0 N–H and O–H groups in total. The summed E-state index contributed by atoms with van der Waals surface area (Å²) < 4.78 is 8.99. The van der Waals surface area contributed by atoms with Crippen molar-refractivity contribution in [2.45, 2.75) is 41.0 Å². The zero-order valence-electron chi connectivity index (χ0n) is 15.2. The summed E-state index contributed by atoms with van der Waals surface area (Å²) >= 11 is 0. The molecule has 5 unspecified atom stereocenters. The zero-order valence-corrected chi connectivity index (χ0v) is 15.2. The molecule has 136 valence electrons. The van der Waals surface area contributed by atoms with E-state index in [0.717, 1.165) is 5.57 Å². The van der Waals surface area contributed by atoms with Gasteiger partial charge in [-0.1, -0.05) is 37.1 Å². The van der Waals surface area contributed by atoms with Crippen LogP contribution < -0.4 is 0 Å². The van der Waals surface area contributed by atoms with E-state index in [1.165, 1.54) is 5.57 Å². The number of allylic oxidation sites excluding steroid dienone is 4. The van der Waals surface area contributed by atoms with Crippen molar-refractivity contribution in [1.82, 2.24) is 0 Å². The molecule has 0 amide bonds. The molecule has 0 aromatic rings. The Hall–Kier alpha value is -2.24. The molecule has 6 heteroatoms. The molecule has 6 nitrogen and oxygen atoms in total. The molecule has 2 fully saturated rings. The first kappa shape index (κ1) is 19.1. The minimum Gasteiger partial charge on any atom is -0.393 e. The van der Waals surface area contributed by atoms with Crippen molar-refractivity contribution in [3.63, 3.8) is 0 Å². The summed E-state index contributed by atoms with van der Waals surface area (Å²) in [7, 11) is 0. The summed E-state index contributed by atoms with van der Waals surface area (Å²) in [4.78, 5) is 44.0. The number of cyclic esters (lactones) is 4. The van der Waals surface area contributed by atoms with Gasteiger partial charge in [0.05, 0.1) is 24.2 Å². The summed E-state index contributed by atoms with van der Waals surface area (Å²) in [5.41, 5.74) is 2.32. The number of fused-ring (bicyclic) bond motifs is 1. The standard InChI is InChI=1S/C14H18O3.C5H6O3/c1-7(2)5-10-6-8(3)9(4)11-12(10)14(16)17-13(11)15;1-3-2-4(6)8-5(3)7/h5-6,9-12H,1-4H3;3H,2H2,1H3. The molecule has 2 heterocycles. The fourth-order valence-corrected chi connectivity index (χ4v) is 3.41. The molecule has 0 radical (unpaired) electrons. The summed E-state index contributed by atoms with van der Waals surface area (Å²) in [6.07, 6.45) is 4.39. The maximum Gasteiger partial charge on any atom is 0.318 e. The first-order chi connectivity index (χ1) is 11.6. The van der Waals surface area contributed by atoms with E-state index in [1.54, 1.807) is 6.92 Å². The van der Waals surface area contributed by atoms with Crippen LogP contribution in [0.5, 0.6) is 0 Å². The lowest BCUT2D eigenvalue weighted by molar-refractivity contribution is -0.155. The maximum absolute atomic E-state index is 11.8. The number of ether oxygens (including phenoxy) is 2. The predicted molar refractivity (Wildman–Crippen MR) is 88.8 cm³/mol. The third-order valence-corrected chi connectivity index (χ3v) is 4.87. The van der Waals surface area contributed by atoms with Gasteiger partial charge in [-0.2, -0.15) is 0 Å². The Bertz CT molecular complexity index is 667. The summed E-state index contributed by atoms with van der Waals surface area (Å²) in [6, 6.07) is 0. The van der Waals surface area contributed by atoms with E-state index >= 15 is 0 Å². The van der Waals surface area contributed by atoms with Crippen LogP contribution in [0.1, 0.15) is 41.0 Å². The molecule has 3 aliphatic rings. The van der Waals surface area contributed by atoms with Crippen LogP contribution >= 0.6 is 0 Å². The van der Waals surface area contributed by atoms with Crippen LogP contribution in [0.3, 0.4) is 0 Å². The van der Waals surface area contributed by atoms with Gasteiger partial charge in [-0.25, -0.2) is 0 Å². The topological polar surface area (TPSA) is 86.7 Å². The highest BCUT2D eigenvalue weighted by atomic mass is 16.6.